The molecule has 5 heteroatoms. The van der Waals surface area contributed by atoms with Gasteiger partial charge in [0.05, 0.1) is 11.5 Å². The third kappa shape index (κ3) is 3.76. The molecule has 1 aromatic rings. The van der Waals surface area contributed by atoms with Crippen LogP contribution in [0, 0.1) is 17.2 Å². The van der Waals surface area contributed by atoms with Crippen LogP contribution in [0.4, 0.5) is 5.82 Å². The van der Waals surface area contributed by atoms with Crippen LogP contribution in [0.3, 0.4) is 0 Å². The molecule has 0 saturated heterocycles. The Labute approximate surface area is 100 Å². The molecule has 5 nitrogen and oxygen atoms in total. The zero-order valence-corrected chi connectivity index (χ0v) is 9.68. The first-order valence-corrected chi connectivity index (χ1v) is 5.50. The Morgan fingerprint density at radius 1 is 1.71 bits per heavy atom. The van der Waals surface area contributed by atoms with Crippen molar-refractivity contribution in [3.8, 4) is 6.07 Å². The average Bonchev–Trinajstić information content (AvgIpc) is 2.34. The zero-order chi connectivity index (χ0) is 12.7. The Morgan fingerprint density at radius 3 is 3.06 bits per heavy atom. The van der Waals surface area contributed by atoms with Crippen LogP contribution in [0.2, 0.25) is 0 Å². The Morgan fingerprint density at radius 2 is 2.47 bits per heavy atom. The van der Waals surface area contributed by atoms with Gasteiger partial charge in [0.15, 0.2) is 0 Å². The number of aliphatic carboxylic acids is 1. The smallest absolute Gasteiger partial charge is 0.308 e. The van der Waals surface area contributed by atoms with E-state index >= 15 is 0 Å². The first kappa shape index (κ1) is 13.0. The largest absolute Gasteiger partial charge is 0.481 e. The van der Waals surface area contributed by atoms with Gasteiger partial charge >= 0.3 is 5.97 Å². The van der Waals surface area contributed by atoms with Gasteiger partial charge in [-0.25, -0.2) is 4.98 Å². The fraction of sp³-hybridized carbons (Fsp3) is 0.417. The van der Waals surface area contributed by atoms with Crippen molar-refractivity contribution in [1.82, 2.24) is 4.98 Å². The van der Waals surface area contributed by atoms with Crippen molar-refractivity contribution >= 4 is 11.8 Å². The summed E-state index contributed by atoms with van der Waals surface area (Å²) in [6, 6.07) is 5.32. The molecule has 1 unspecified atom stereocenters. The summed E-state index contributed by atoms with van der Waals surface area (Å²) in [5.74, 6) is -0.834. The van der Waals surface area contributed by atoms with E-state index in [9.17, 15) is 4.79 Å². The van der Waals surface area contributed by atoms with Gasteiger partial charge in [-0.2, -0.15) is 5.26 Å². The van der Waals surface area contributed by atoms with Gasteiger partial charge in [0, 0.05) is 12.7 Å². The lowest BCUT2D eigenvalue weighted by molar-refractivity contribution is -0.141. The van der Waals surface area contributed by atoms with Gasteiger partial charge in [-0.05, 0) is 18.6 Å². The van der Waals surface area contributed by atoms with Crippen LogP contribution in [0.15, 0.2) is 18.3 Å². The molecule has 1 atom stereocenters. The molecule has 0 aliphatic heterocycles. The molecule has 0 aliphatic rings. The number of nitrogens with zero attached hydrogens (tertiary/aromatic N) is 2. The van der Waals surface area contributed by atoms with Crippen LogP contribution in [0.25, 0.3) is 0 Å². The summed E-state index contributed by atoms with van der Waals surface area (Å²) in [4.78, 5) is 15.0. The van der Waals surface area contributed by atoms with E-state index in [-0.39, 0.29) is 6.54 Å². The lowest BCUT2D eigenvalue weighted by Gasteiger charge is -2.13. The number of hydrogen-bond donors (Lipinski definition) is 2. The van der Waals surface area contributed by atoms with Crippen LogP contribution >= 0.6 is 0 Å². The molecule has 0 aromatic carbocycles. The Kier molecular flexibility index (Phi) is 4.95. The second-order valence-electron chi connectivity index (χ2n) is 3.72. The van der Waals surface area contributed by atoms with E-state index in [1.807, 2.05) is 13.0 Å². The van der Waals surface area contributed by atoms with Crippen LogP contribution in [-0.2, 0) is 4.79 Å². The Bertz CT molecular complexity index is 426. The molecular weight excluding hydrogens is 218 g/mol. The maximum absolute atomic E-state index is 10.9. The molecule has 0 fully saturated rings. The number of anilines is 1. The molecule has 2 N–H and O–H groups in total. The van der Waals surface area contributed by atoms with Crippen LogP contribution in [0.1, 0.15) is 25.3 Å². The first-order valence-electron chi connectivity index (χ1n) is 5.50. The van der Waals surface area contributed by atoms with E-state index in [2.05, 4.69) is 10.3 Å². The third-order valence-electron chi connectivity index (χ3n) is 2.43. The number of carboxylic acid groups (broad SMARTS) is 1. The topological polar surface area (TPSA) is 86.0 Å². The summed E-state index contributed by atoms with van der Waals surface area (Å²) < 4.78 is 0. The minimum absolute atomic E-state index is 0.287. The van der Waals surface area contributed by atoms with Gasteiger partial charge in [-0.15, -0.1) is 0 Å². The van der Waals surface area contributed by atoms with Crippen LogP contribution in [0.5, 0.6) is 0 Å². The summed E-state index contributed by atoms with van der Waals surface area (Å²) >= 11 is 0. The normalized spacial score (nSPS) is 11.5. The molecule has 90 valence electrons. The fourth-order valence-electron chi connectivity index (χ4n) is 1.52. The quantitative estimate of drug-likeness (QED) is 0.783. The van der Waals surface area contributed by atoms with Gasteiger partial charge < -0.3 is 10.4 Å². The SMILES string of the molecule is CCCC(CNc1ncccc1C#N)C(=O)O. The Balaban J connectivity index is 2.65. The lowest BCUT2D eigenvalue weighted by atomic mass is 10.0. The van der Waals surface area contributed by atoms with Crippen molar-refractivity contribution in [1.29, 1.82) is 5.26 Å². The molecule has 0 bridgehead atoms. The number of aromatic nitrogens is 1. The molecule has 0 saturated carbocycles. The predicted octanol–water partition coefficient (Wildman–Crippen LogP) is 1.87. The summed E-state index contributed by atoms with van der Waals surface area (Å²) in [6.07, 6.45) is 2.99. The van der Waals surface area contributed by atoms with Gasteiger partial charge in [0.1, 0.15) is 11.9 Å². The molecule has 0 radical (unpaired) electrons. The Hall–Kier alpha value is -2.09. The number of carboxylic acids is 1. The second kappa shape index (κ2) is 6.48. The van der Waals surface area contributed by atoms with E-state index in [1.54, 1.807) is 18.3 Å². The molecule has 1 heterocycles. The number of nitriles is 1. The van der Waals surface area contributed by atoms with E-state index < -0.39 is 11.9 Å². The van der Waals surface area contributed by atoms with Crippen LogP contribution < -0.4 is 5.32 Å². The van der Waals surface area contributed by atoms with E-state index in [0.29, 0.717) is 17.8 Å². The molecule has 1 rings (SSSR count). The zero-order valence-electron chi connectivity index (χ0n) is 9.68. The minimum Gasteiger partial charge on any atom is -0.481 e. The summed E-state index contributed by atoms with van der Waals surface area (Å²) in [7, 11) is 0. The van der Waals surface area contributed by atoms with Gasteiger partial charge in [0.2, 0.25) is 0 Å². The van der Waals surface area contributed by atoms with Crippen LogP contribution in [-0.4, -0.2) is 22.6 Å². The monoisotopic (exact) mass is 233 g/mol. The maximum Gasteiger partial charge on any atom is 0.308 e. The molecule has 0 amide bonds. The molecule has 17 heavy (non-hydrogen) atoms. The predicted molar refractivity (Wildman–Crippen MR) is 63.5 cm³/mol. The van der Waals surface area contributed by atoms with E-state index in [4.69, 9.17) is 10.4 Å². The fourth-order valence-corrected chi connectivity index (χ4v) is 1.52. The second-order valence-corrected chi connectivity index (χ2v) is 3.72. The van der Waals surface area contributed by atoms with Crippen molar-refractivity contribution in [3.63, 3.8) is 0 Å². The highest BCUT2D eigenvalue weighted by molar-refractivity contribution is 5.70. The van der Waals surface area contributed by atoms with Gasteiger partial charge in [-0.3, -0.25) is 4.79 Å². The molecule has 0 spiro atoms. The maximum atomic E-state index is 10.9. The van der Waals surface area contributed by atoms with Crippen molar-refractivity contribution in [3.05, 3.63) is 23.9 Å². The number of rotatable bonds is 6. The van der Waals surface area contributed by atoms with Crippen molar-refractivity contribution in [2.24, 2.45) is 5.92 Å². The first-order chi connectivity index (χ1) is 8.19. The molecule has 0 aliphatic carbocycles. The number of carbonyl (C=O) groups is 1. The average molecular weight is 233 g/mol. The van der Waals surface area contributed by atoms with Gasteiger partial charge in [-0.1, -0.05) is 13.3 Å². The molecular formula is C12H15N3O2. The minimum atomic E-state index is -0.825. The van der Waals surface area contributed by atoms with E-state index in [1.165, 1.54) is 0 Å². The number of nitrogens with one attached hydrogen (secondary N) is 1. The summed E-state index contributed by atoms with van der Waals surface area (Å²) in [5, 5.41) is 20.7. The number of hydrogen-bond acceptors (Lipinski definition) is 4. The summed E-state index contributed by atoms with van der Waals surface area (Å²) in [6.45, 7) is 2.23. The standard InChI is InChI=1S/C12H15N3O2/c1-2-4-10(12(16)17)8-15-11-9(7-13)5-3-6-14-11/h3,5-6,10H,2,4,8H2,1H3,(H,14,15)(H,16,17). The molecule has 1 aromatic heterocycles. The lowest BCUT2D eigenvalue weighted by Crippen LogP contribution is -2.23. The highest BCUT2D eigenvalue weighted by Crippen LogP contribution is 2.12. The van der Waals surface area contributed by atoms with E-state index in [0.717, 1.165) is 6.42 Å². The number of pyridine rings is 1. The third-order valence-corrected chi connectivity index (χ3v) is 2.43. The highest BCUT2D eigenvalue weighted by Gasteiger charge is 2.16. The van der Waals surface area contributed by atoms with Crippen molar-refractivity contribution < 1.29 is 9.90 Å². The van der Waals surface area contributed by atoms with Crippen molar-refractivity contribution in [2.45, 2.75) is 19.8 Å². The van der Waals surface area contributed by atoms with Crippen molar-refractivity contribution in [2.75, 3.05) is 11.9 Å². The van der Waals surface area contributed by atoms with Gasteiger partial charge in [0.25, 0.3) is 0 Å². The highest BCUT2D eigenvalue weighted by atomic mass is 16.4. The summed E-state index contributed by atoms with van der Waals surface area (Å²) in [5.41, 5.74) is 0.424.